The van der Waals surface area contributed by atoms with Crippen molar-refractivity contribution in [3.05, 3.63) is 145 Å². The predicted octanol–water partition coefficient (Wildman–Crippen LogP) is 14.1. The Labute approximate surface area is 350 Å². The van der Waals surface area contributed by atoms with Gasteiger partial charge in [0.2, 0.25) is 0 Å². The van der Waals surface area contributed by atoms with Crippen LogP contribution in [0.25, 0.3) is 76.2 Å². The van der Waals surface area contributed by atoms with E-state index in [-0.39, 0.29) is 0 Å². The molecule has 0 radical (unpaired) electrons. The zero-order valence-electron chi connectivity index (χ0n) is 33.3. The molecular weight excluding hydrogens is 749 g/mol. The lowest BCUT2D eigenvalue weighted by Crippen LogP contribution is -1.94. The molecule has 0 aromatic carbocycles. The normalized spacial score (nSPS) is 11.3. The van der Waals surface area contributed by atoms with Gasteiger partial charge in [-0.1, -0.05) is 76.6 Å². The molecule has 0 aliphatic rings. The van der Waals surface area contributed by atoms with Crippen LogP contribution in [-0.4, -0.2) is 29.9 Å². The van der Waals surface area contributed by atoms with Crippen LogP contribution >= 0.6 is 22.7 Å². The lowest BCUT2D eigenvalue weighted by Gasteiger charge is -2.10. The van der Waals surface area contributed by atoms with Crippen molar-refractivity contribution in [1.82, 2.24) is 29.9 Å². The van der Waals surface area contributed by atoms with Crippen LogP contribution in [0.4, 0.5) is 0 Å². The van der Waals surface area contributed by atoms with Gasteiger partial charge in [-0.15, -0.1) is 22.7 Å². The molecular formula is C50H48N6S2. The van der Waals surface area contributed by atoms with Crippen molar-refractivity contribution in [3.8, 4) is 76.2 Å². The molecule has 0 N–H and O–H groups in total. The number of unbranched alkanes of at least 4 members (excludes halogenated alkanes) is 6. The number of rotatable bonds is 17. The summed E-state index contributed by atoms with van der Waals surface area (Å²) in [7, 11) is 0. The van der Waals surface area contributed by atoms with E-state index in [4.69, 9.17) is 29.9 Å². The van der Waals surface area contributed by atoms with Gasteiger partial charge in [0.15, 0.2) is 0 Å². The van der Waals surface area contributed by atoms with Gasteiger partial charge < -0.3 is 0 Å². The molecule has 0 bridgehead atoms. The van der Waals surface area contributed by atoms with E-state index in [1.54, 1.807) is 0 Å². The number of hydrogen-bond acceptors (Lipinski definition) is 8. The number of aromatic nitrogens is 6. The van der Waals surface area contributed by atoms with Crippen molar-refractivity contribution in [2.75, 3.05) is 0 Å². The van der Waals surface area contributed by atoms with Crippen LogP contribution in [0.1, 0.15) is 76.3 Å². The minimum atomic E-state index is 0.850. The Morgan fingerprint density at radius 2 is 0.724 bits per heavy atom. The zero-order valence-corrected chi connectivity index (χ0v) is 34.9. The number of thiophene rings is 2. The third kappa shape index (κ3) is 9.36. The fourth-order valence-electron chi connectivity index (χ4n) is 7.35. The van der Waals surface area contributed by atoms with Gasteiger partial charge in [-0.3, -0.25) is 19.9 Å². The van der Waals surface area contributed by atoms with Crippen molar-refractivity contribution in [3.63, 3.8) is 0 Å². The standard InChI is InChI=1S/C50H48N6S2/c1-3-5-7-9-19-35-33-47(57-49(35)37-29-43(39-21-11-15-25-51-39)55-44(30-37)40-22-12-16-26-52-40)48-34-36(20-10-8-6-4-2)50(58-48)38-31-45(41-23-13-17-27-53-41)56-46(32-38)42-24-14-18-28-54-42/h11-18,21-34H,3-10,19-20H2,1-2H3. The zero-order chi connectivity index (χ0) is 39.5. The maximum Gasteiger partial charge on any atom is 0.0900 e. The average molecular weight is 797 g/mol. The Morgan fingerprint density at radius 1 is 0.379 bits per heavy atom. The van der Waals surface area contributed by atoms with Gasteiger partial charge in [0.05, 0.1) is 45.6 Å². The Hall–Kier alpha value is -5.70. The largest absolute Gasteiger partial charge is 0.255 e. The van der Waals surface area contributed by atoms with Gasteiger partial charge in [-0.2, -0.15) is 0 Å². The average Bonchev–Trinajstić information content (AvgIpc) is 3.92. The minimum Gasteiger partial charge on any atom is -0.255 e. The van der Waals surface area contributed by atoms with Crippen LogP contribution in [0, 0.1) is 0 Å². The minimum absolute atomic E-state index is 0.850. The smallest absolute Gasteiger partial charge is 0.0900 e. The van der Waals surface area contributed by atoms with Crippen LogP contribution in [-0.2, 0) is 12.8 Å². The Balaban J connectivity index is 1.26. The van der Waals surface area contributed by atoms with E-state index >= 15 is 0 Å². The number of pyridine rings is 6. The molecule has 0 amide bonds. The molecule has 0 saturated carbocycles. The molecule has 6 nitrogen and oxygen atoms in total. The second-order valence-corrected chi connectivity index (χ2v) is 16.8. The Morgan fingerprint density at radius 3 is 1.02 bits per heavy atom. The number of hydrogen-bond donors (Lipinski definition) is 0. The lowest BCUT2D eigenvalue weighted by molar-refractivity contribution is 0.668. The van der Waals surface area contributed by atoms with Gasteiger partial charge >= 0.3 is 0 Å². The maximum atomic E-state index is 5.10. The monoisotopic (exact) mass is 796 g/mol. The summed E-state index contributed by atoms with van der Waals surface area (Å²) in [5.41, 5.74) is 11.9. The molecule has 0 aliphatic carbocycles. The van der Waals surface area contributed by atoms with Gasteiger partial charge in [-0.25, -0.2) is 9.97 Å². The number of aryl methyl sites for hydroxylation is 2. The van der Waals surface area contributed by atoms with Crippen LogP contribution in [0.15, 0.2) is 134 Å². The topological polar surface area (TPSA) is 77.3 Å². The van der Waals surface area contributed by atoms with Gasteiger partial charge in [-0.05, 0) is 133 Å². The molecule has 0 saturated heterocycles. The molecule has 0 unspecified atom stereocenters. The first-order chi connectivity index (χ1) is 28.7. The summed E-state index contributed by atoms with van der Waals surface area (Å²) in [4.78, 5) is 34.2. The van der Waals surface area contributed by atoms with Crippen molar-refractivity contribution in [2.24, 2.45) is 0 Å². The second-order valence-electron chi connectivity index (χ2n) is 14.7. The predicted molar refractivity (Wildman–Crippen MR) is 243 cm³/mol. The highest BCUT2D eigenvalue weighted by atomic mass is 32.1. The van der Waals surface area contributed by atoms with E-state index in [2.05, 4.69) is 50.2 Å². The summed E-state index contributed by atoms with van der Waals surface area (Å²) >= 11 is 3.79. The Bertz CT molecular complexity index is 2240. The lowest BCUT2D eigenvalue weighted by atomic mass is 10.0. The second kappa shape index (κ2) is 19.2. The van der Waals surface area contributed by atoms with Gasteiger partial charge in [0.1, 0.15) is 0 Å². The van der Waals surface area contributed by atoms with Gasteiger partial charge in [0, 0.05) is 44.3 Å². The molecule has 0 aliphatic heterocycles. The first-order valence-corrected chi connectivity index (χ1v) is 22.3. The molecule has 8 rings (SSSR count). The van der Waals surface area contributed by atoms with Gasteiger partial charge in [0.25, 0.3) is 0 Å². The summed E-state index contributed by atoms with van der Waals surface area (Å²) < 4.78 is 0. The summed E-state index contributed by atoms with van der Waals surface area (Å²) in [6.45, 7) is 4.55. The van der Waals surface area contributed by atoms with Crippen molar-refractivity contribution in [1.29, 1.82) is 0 Å². The Kier molecular flexibility index (Phi) is 12.9. The van der Waals surface area contributed by atoms with Crippen molar-refractivity contribution >= 4 is 22.7 Å². The van der Waals surface area contributed by atoms with Crippen molar-refractivity contribution in [2.45, 2.75) is 78.1 Å². The van der Waals surface area contributed by atoms with E-state index in [0.29, 0.717) is 0 Å². The number of nitrogens with zero attached hydrogens (tertiary/aromatic N) is 6. The quantitative estimate of drug-likeness (QED) is 0.0854. The van der Waals surface area contributed by atoms with Crippen molar-refractivity contribution < 1.29 is 0 Å². The first kappa shape index (κ1) is 39.1. The maximum absolute atomic E-state index is 5.10. The van der Waals surface area contributed by atoms with E-state index in [0.717, 1.165) is 82.4 Å². The highest BCUT2D eigenvalue weighted by Gasteiger charge is 2.21. The van der Waals surface area contributed by atoms with Crippen LogP contribution in [0.3, 0.4) is 0 Å². The molecule has 8 aromatic rings. The SMILES string of the molecule is CCCCCCc1cc(-c2cc(CCCCCC)c(-c3cc(-c4ccccn4)nc(-c4ccccn4)c3)s2)sc1-c1cc(-c2ccccn2)nc(-c2ccccn2)c1. The molecule has 0 atom stereocenters. The first-order valence-electron chi connectivity index (χ1n) is 20.6. The highest BCUT2D eigenvalue weighted by molar-refractivity contribution is 7.25. The van der Waals surface area contributed by atoms with E-state index in [1.807, 2.05) is 120 Å². The third-order valence-electron chi connectivity index (χ3n) is 10.3. The van der Waals surface area contributed by atoms with Crippen LogP contribution < -0.4 is 0 Å². The van der Waals surface area contributed by atoms with Crippen LogP contribution in [0.2, 0.25) is 0 Å². The fourth-order valence-corrected chi connectivity index (χ4v) is 9.82. The molecule has 0 fully saturated rings. The molecule has 8 heterocycles. The summed E-state index contributed by atoms with van der Waals surface area (Å²) in [6.07, 6.45) is 19.1. The van der Waals surface area contributed by atoms with E-state index in [9.17, 15) is 0 Å². The summed E-state index contributed by atoms with van der Waals surface area (Å²) in [6, 6.07) is 37.8. The molecule has 58 heavy (non-hydrogen) atoms. The molecule has 8 aromatic heterocycles. The third-order valence-corrected chi connectivity index (χ3v) is 13.0. The molecule has 8 heteroatoms. The highest BCUT2D eigenvalue weighted by Crippen LogP contribution is 2.46. The van der Waals surface area contributed by atoms with Crippen LogP contribution in [0.5, 0.6) is 0 Å². The van der Waals surface area contributed by atoms with E-state index < -0.39 is 0 Å². The van der Waals surface area contributed by atoms with E-state index in [1.165, 1.54) is 69.2 Å². The molecule has 290 valence electrons. The fraction of sp³-hybridized carbons (Fsp3) is 0.240. The summed E-state index contributed by atoms with van der Waals surface area (Å²) in [5, 5.41) is 0. The summed E-state index contributed by atoms with van der Waals surface area (Å²) in [5.74, 6) is 0. The molecule has 0 spiro atoms.